The summed E-state index contributed by atoms with van der Waals surface area (Å²) in [6.45, 7) is 4.84. The molecule has 0 bridgehead atoms. The molecule has 4 atom stereocenters. The highest BCUT2D eigenvalue weighted by molar-refractivity contribution is 6.43. The fraction of sp³-hybridized carbons (Fsp3) is 0.400. The molecular formula is C40H45BN2O6. The van der Waals surface area contributed by atoms with Gasteiger partial charge in [0.25, 0.3) is 0 Å². The Bertz CT molecular complexity index is 1700. The van der Waals surface area contributed by atoms with E-state index in [9.17, 15) is 19.7 Å². The Labute approximate surface area is 289 Å². The number of allylic oxidation sites excluding steroid dienone is 1. The van der Waals surface area contributed by atoms with Crippen LogP contribution < -0.4 is 4.74 Å². The van der Waals surface area contributed by atoms with Crippen molar-refractivity contribution in [3.05, 3.63) is 113 Å². The van der Waals surface area contributed by atoms with Gasteiger partial charge in [-0.25, -0.2) is 0 Å². The molecule has 4 aliphatic rings. The average Bonchev–Trinajstić information content (AvgIpc) is 3.37. The first-order valence-corrected chi connectivity index (χ1v) is 17.7. The maximum Gasteiger partial charge on any atom is 0.455 e. The van der Waals surface area contributed by atoms with Crippen LogP contribution in [0.3, 0.4) is 0 Å². The van der Waals surface area contributed by atoms with Gasteiger partial charge >= 0.3 is 7.12 Å². The number of aromatic hydroxyl groups is 1. The van der Waals surface area contributed by atoms with Gasteiger partial charge in [-0.15, -0.1) is 0 Å². The minimum atomic E-state index is -1.03. The van der Waals surface area contributed by atoms with E-state index in [1.165, 1.54) is 5.56 Å². The van der Waals surface area contributed by atoms with Crippen molar-refractivity contribution in [1.82, 2.24) is 9.80 Å². The van der Waals surface area contributed by atoms with Gasteiger partial charge in [0.2, 0.25) is 11.8 Å². The van der Waals surface area contributed by atoms with Crippen LogP contribution in [0.25, 0.3) is 6.08 Å². The normalized spacial score (nSPS) is 25.1. The summed E-state index contributed by atoms with van der Waals surface area (Å²) < 4.78 is 12.5. The maximum atomic E-state index is 14.4. The summed E-state index contributed by atoms with van der Waals surface area (Å²) in [4.78, 5) is 32.6. The molecule has 1 aliphatic carbocycles. The number of benzene rings is 3. The zero-order chi connectivity index (χ0) is 33.9. The number of phenols is 1. The molecule has 254 valence electrons. The lowest BCUT2D eigenvalue weighted by molar-refractivity contribution is -0.144. The number of nitrogens with zero attached hydrogens (tertiary/aromatic N) is 2. The Morgan fingerprint density at radius 3 is 2.37 bits per heavy atom. The molecule has 3 heterocycles. The number of fused-ring (bicyclic) bond motifs is 3. The van der Waals surface area contributed by atoms with E-state index in [0.29, 0.717) is 25.9 Å². The fourth-order valence-electron chi connectivity index (χ4n) is 8.45. The van der Waals surface area contributed by atoms with Crippen molar-refractivity contribution in [1.29, 1.82) is 0 Å². The van der Waals surface area contributed by atoms with Gasteiger partial charge in [0.1, 0.15) is 18.1 Å². The molecule has 3 aromatic rings. The molecule has 49 heavy (non-hydrogen) atoms. The van der Waals surface area contributed by atoms with Crippen LogP contribution in [0, 0.1) is 17.8 Å². The monoisotopic (exact) mass is 660 g/mol. The lowest BCUT2D eigenvalue weighted by Gasteiger charge is -2.43. The Balaban J connectivity index is 1.12. The summed E-state index contributed by atoms with van der Waals surface area (Å²) in [6, 6.07) is 27.1. The lowest BCUT2D eigenvalue weighted by atomic mass is 9.58. The molecule has 3 fully saturated rings. The minimum absolute atomic E-state index is 0.0771. The predicted molar refractivity (Wildman–Crippen MR) is 189 cm³/mol. The highest BCUT2D eigenvalue weighted by Gasteiger charge is 2.58. The highest BCUT2D eigenvalue weighted by atomic mass is 16.5. The van der Waals surface area contributed by atoms with Crippen molar-refractivity contribution >= 4 is 25.0 Å². The van der Waals surface area contributed by atoms with Crippen molar-refractivity contribution in [2.24, 2.45) is 17.8 Å². The Hall–Kier alpha value is -4.18. The number of ether oxygens (including phenoxy) is 1. The summed E-state index contributed by atoms with van der Waals surface area (Å²) in [6.07, 6.45) is 5.05. The summed E-state index contributed by atoms with van der Waals surface area (Å²) in [5.41, 5.74) is 5.09. The second-order valence-corrected chi connectivity index (χ2v) is 14.0. The van der Waals surface area contributed by atoms with Crippen molar-refractivity contribution in [3.8, 4) is 11.5 Å². The molecule has 3 aliphatic heterocycles. The van der Waals surface area contributed by atoms with E-state index >= 15 is 0 Å². The maximum absolute atomic E-state index is 14.4. The molecule has 7 rings (SSSR count). The number of likely N-dealkylation sites (tertiary alicyclic amines) is 2. The van der Waals surface area contributed by atoms with Crippen LogP contribution in [-0.4, -0.2) is 70.7 Å². The SMILES string of the molecule is C/C(=C\c1ccccc1O)CC[C@H]1OB(O)C[C@H]2C1=C(COc1ccccc1)C[C@H]1C(=O)N(C3CCN(Cc4ccccc4)CC3)C(=O)[C@H]12. The third kappa shape index (κ3) is 7.25. The van der Waals surface area contributed by atoms with Crippen LogP contribution in [0.15, 0.2) is 102 Å². The van der Waals surface area contributed by atoms with E-state index in [1.54, 1.807) is 17.0 Å². The summed E-state index contributed by atoms with van der Waals surface area (Å²) in [5.74, 6) is -0.484. The first-order chi connectivity index (χ1) is 23.9. The first kappa shape index (κ1) is 33.3. The van der Waals surface area contributed by atoms with Crippen molar-refractivity contribution < 1.29 is 29.1 Å². The third-order valence-corrected chi connectivity index (χ3v) is 10.8. The molecule has 3 aromatic carbocycles. The van der Waals surface area contributed by atoms with E-state index in [0.717, 1.165) is 60.5 Å². The molecule has 0 saturated carbocycles. The van der Waals surface area contributed by atoms with Gasteiger partial charge in [-0.05, 0) is 86.2 Å². The topological polar surface area (TPSA) is 99.5 Å². The number of carbonyl (C=O) groups is 2. The standard InChI is InChI=1S/C40H45BN2O6/c1-27(22-29-12-8-9-15-35(29)44)16-17-36-37-30(26-48-32-13-6-3-7-14-32)23-33-38(34(37)24-41(47)49-36)40(46)43(39(33)45)31-18-20-42(21-19-31)25-28-10-4-2-5-11-28/h2-15,22,31,33-34,36,38,44,47H,16-21,23-26H2,1H3/b27-22+/t33-,34+,36-,38-/m1/s1. The number of rotatable bonds is 10. The highest BCUT2D eigenvalue weighted by Crippen LogP contribution is 2.51. The molecule has 9 heteroatoms. The van der Waals surface area contributed by atoms with Crippen LogP contribution >= 0.6 is 0 Å². The average molecular weight is 661 g/mol. The lowest BCUT2D eigenvalue weighted by Crippen LogP contribution is -2.48. The summed E-state index contributed by atoms with van der Waals surface area (Å²) in [7, 11) is -1.03. The number of amides is 2. The van der Waals surface area contributed by atoms with Gasteiger partial charge in [0.05, 0.1) is 17.9 Å². The van der Waals surface area contributed by atoms with E-state index < -0.39 is 25.1 Å². The van der Waals surface area contributed by atoms with Gasteiger partial charge in [-0.2, -0.15) is 0 Å². The predicted octanol–water partition coefficient (Wildman–Crippen LogP) is 6.12. The number of hydrogen-bond acceptors (Lipinski definition) is 7. The fourth-order valence-corrected chi connectivity index (χ4v) is 8.45. The van der Waals surface area contributed by atoms with E-state index in [-0.39, 0.29) is 35.8 Å². The number of piperidine rings is 1. The van der Waals surface area contributed by atoms with Gasteiger partial charge in [-0.3, -0.25) is 19.4 Å². The van der Waals surface area contributed by atoms with Crippen LogP contribution in [0.1, 0.15) is 50.2 Å². The second kappa shape index (κ2) is 14.7. The Morgan fingerprint density at radius 1 is 0.939 bits per heavy atom. The van der Waals surface area contributed by atoms with Crippen molar-refractivity contribution in [3.63, 3.8) is 0 Å². The largest absolute Gasteiger partial charge is 0.507 e. The number of imide groups is 1. The molecule has 0 aromatic heterocycles. The zero-order valence-corrected chi connectivity index (χ0v) is 28.1. The summed E-state index contributed by atoms with van der Waals surface area (Å²) in [5, 5.41) is 21.3. The van der Waals surface area contributed by atoms with Crippen LogP contribution in [0.2, 0.25) is 6.32 Å². The number of para-hydroxylation sites is 2. The molecule has 0 unspecified atom stereocenters. The van der Waals surface area contributed by atoms with Gasteiger partial charge in [-0.1, -0.05) is 78.4 Å². The molecule has 8 nitrogen and oxygen atoms in total. The van der Waals surface area contributed by atoms with Gasteiger partial charge < -0.3 is 19.5 Å². The van der Waals surface area contributed by atoms with Crippen molar-refractivity contribution in [2.45, 2.75) is 64.0 Å². The third-order valence-electron chi connectivity index (χ3n) is 10.8. The van der Waals surface area contributed by atoms with E-state index in [4.69, 9.17) is 9.39 Å². The molecule has 3 saturated heterocycles. The molecule has 2 N–H and O–H groups in total. The van der Waals surface area contributed by atoms with Gasteiger partial charge in [0, 0.05) is 31.2 Å². The minimum Gasteiger partial charge on any atom is -0.507 e. The number of carbonyl (C=O) groups excluding carboxylic acids is 2. The first-order valence-electron chi connectivity index (χ1n) is 17.7. The molecular weight excluding hydrogens is 615 g/mol. The second-order valence-electron chi connectivity index (χ2n) is 14.0. The Morgan fingerprint density at radius 2 is 1.63 bits per heavy atom. The summed E-state index contributed by atoms with van der Waals surface area (Å²) >= 11 is 0. The van der Waals surface area contributed by atoms with Crippen LogP contribution in [0.5, 0.6) is 11.5 Å². The van der Waals surface area contributed by atoms with Gasteiger partial charge in [0.15, 0.2) is 0 Å². The molecule has 0 spiro atoms. The number of hydrogen-bond donors (Lipinski definition) is 2. The zero-order valence-electron chi connectivity index (χ0n) is 28.1. The van der Waals surface area contributed by atoms with Crippen LogP contribution in [0.4, 0.5) is 0 Å². The number of phenolic OH excluding ortho intramolecular Hbond substituents is 1. The van der Waals surface area contributed by atoms with Crippen molar-refractivity contribution in [2.75, 3.05) is 19.7 Å². The van der Waals surface area contributed by atoms with Crippen LogP contribution in [-0.2, 0) is 20.8 Å². The smallest absolute Gasteiger partial charge is 0.455 e. The quantitative estimate of drug-likeness (QED) is 0.154. The van der Waals surface area contributed by atoms with E-state index in [2.05, 4.69) is 29.2 Å². The molecule has 2 amide bonds. The molecule has 0 radical (unpaired) electrons. The Kier molecular flexibility index (Phi) is 10.0. The van der Waals surface area contributed by atoms with E-state index in [1.807, 2.05) is 61.5 Å².